The van der Waals surface area contributed by atoms with Crippen LogP contribution in [0.1, 0.15) is 97.3 Å². The summed E-state index contributed by atoms with van der Waals surface area (Å²) >= 11 is 0. The molecule has 2 aliphatic heterocycles. The van der Waals surface area contributed by atoms with Crippen LogP contribution in [0.3, 0.4) is 0 Å². The molecule has 1 fully saturated rings. The molecule has 0 aromatic heterocycles. The number of phosphoric acid groups is 1. The van der Waals surface area contributed by atoms with E-state index in [-0.39, 0.29) is 19.1 Å². The molecule has 0 aromatic rings. The van der Waals surface area contributed by atoms with E-state index in [0.717, 1.165) is 12.8 Å². The summed E-state index contributed by atoms with van der Waals surface area (Å²) in [6.07, 6.45) is 16.5. The van der Waals surface area contributed by atoms with Gasteiger partial charge in [-0.05, 0) is 13.3 Å². The first-order chi connectivity index (χ1) is 14.1. The zero-order valence-corrected chi connectivity index (χ0v) is 19.2. The van der Waals surface area contributed by atoms with E-state index in [0.29, 0.717) is 17.9 Å². The number of ether oxygens (including phenoxy) is 1. The van der Waals surface area contributed by atoms with Gasteiger partial charge in [0.15, 0.2) is 0 Å². The second-order valence-electron chi connectivity index (χ2n) is 8.18. The molecule has 0 N–H and O–H groups in total. The summed E-state index contributed by atoms with van der Waals surface area (Å²) in [7, 11) is -3.64. The predicted octanol–water partition coefficient (Wildman–Crippen LogP) is 6.70. The van der Waals surface area contributed by atoms with Gasteiger partial charge in [0.05, 0.1) is 24.7 Å². The third kappa shape index (κ3) is 8.82. The first-order valence-electron chi connectivity index (χ1n) is 11.5. The number of carbonyl (C=O) groups is 1. The van der Waals surface area contributed by atoms with Crippen molar-refractivity contribution in [2.24, 2.45) is 5.92 Å². The number of fused-ring (bicyclic) bond motifs is 1. The van der Waals surface area contributed by atoms with Gasteiger partial charge in [0, 0.05) is 0 Å². The van der Waals surface area contributed by atoms with Crippen LogP contribution in [0.25, 0.3) is 0 Å². The fourth-order valence-electron chi connectivity index (χ4n) is 3.85. The van der Waals surface area contributed by atoms with Gasteiger partial charge in [-0.2, -0.15) is 0 Å². The zero-order chi connectivity index (χ0) is 21.0. The van der Waals surface area contributed by atoms with Gasteiger partial charge in [0.1, 0.15) is 12.4 Å². The zero-order valence-electron chi connectivity index (χ0n) is 18.3. The quantitative estimate of drug-likeness (QED) is 0.164. The van der Waals surface area contributed by atoms with E-state index >= 15 is 0 Å². The van der Waals surface area contributed by atoms with Gasteiger partial charge < -0.3 is 9.26 Å². The molecule has 1 unspecified atom stereocenters. The summed E-state index contributed by atoms with van der Waals surface area (Å²) in [5, 5.41) is 0. The number of allylic oxidation sites excluding steroid dienone is 1. The van der Waals surface area contributed by atoms with E-state index in [1.807, 2.05) is 0 Å². The summed E-state index contributed by atoms with van der Waals surface area (Å²) < 4.78 is 33.9. The third-order valence-electron chi connectivity index (χ3n) is 5.60. The minimum absolute atomic E-state index is 0.119. The first-order valence-corrected chi connectivity index (χ1v) is 13.0. The fraction of sp³-hybridized carbons (Fsp3) is 0.864. The normalized spacial score (nSPS) is 24.2. The Morgan fingerprint density at radius 1 is 0.897 bits per heavy atom. The van der Waals surface area contributed by atoms with Crippen molar-refractivity contribution in [2.45, 2.75) is 97.3 Å². The van der Waals surface area contributed by atoms with E-state index in [1.165, 1.54) is 70.6 Å². The molecule has 1 saturated heterocycles. The lowest BCUT2D eigenvalue weighted by Crippen LogP contribution is -2.10. The van der Waals surface area contributed by atoms with E-state index in [1.54, 1.807) is 6.92 Å². The van der Waals surface area contributed by atoms with Crippen molar-refractivity contribution in [3.8, 4) is 0 Å². The molecule has 2 atom stereocenters. The number of esters is 1. The Labute approximate surface area is 176 Å². The largest absolute Gasteiger partial charge is 0.529 e. The molecule has 29 heavy (non-hydrogen) atoms. The number of hydrogen-bond acceptors (Lipinski definition) is 6. The molecular weight excluding hydrogens is 391 g/mol. The first kappa shape index (κ1) is 24.4. The maximum Gasteiger partial charge on any atom is 0.529 e. The highest BCUT2D eigenvalue weighted by molar-refractivity contribution is 7.48. The standard InChI is InChI=1S/C22H39O6P/c1-3-4-5-6-7-8-9-10-11-12-13-14-15-16-26-29(24)27-18-20-17-25-22(23)21(20)19(2)28-29/h20H,3-18H2,1-2H3/t20-,29?/m1/s1. The molecule has 6 nitrogen and oxygen atoms in total. The Hall–Kier alpha value is -0.840. The Kier molecular flexibility index (Phi) is 11.3. The highest BCUT2D eigenvalue weighted by Crippen LogP contribution is 2.54. The highest BCUT2D eigenvalue weighted by Gasteiger charge is 2.42. The molecule has 7 heteroatoms. The van der Waals surface area contributed by atoms with E-state index in [2.05, 4.69) is 6.92 Å². The molecule has 0 spiro atoms. The van der Waals surface area contributed by atoms with Gasteiger partial charge in [-0.3, -0.25) is 9.05 Å². The number of carbonyl (C=O) groups excluding carboxylic acids is 1. The minimum atomic E-state index is -3.64. The van der Waals surface area contributed by atoms with E-state index in [4.69, 9.17) is 18.3 Å². The number of rotatable bonds is 15. The van der Waals surface area contributed by atoms with Crippen molar-refractivity contribution in [1.82, 2.24) is 0 Å². The summed E-state index contributed by atoms with van der Waals surface area (Å²) in [6.45, 7) is 4.58. The Morgan fingerprint density at radius 3 is 2.03 bits per heavy atom. The van der Waals surface area contributed by atoms with Crippen LogP contribution in [-0.2, 0) is 27.7 Å². The molecule has 2 rings (SSSR count). The number of hydrogen-bond donors (Lipinski definition) is 0. The Balaban J connectivity index is 1.47. The summed E-state index contributed by atoms with van der Waals surface area (Å²) in [5.74, 6) is -0.344. The van der Waals surface area contributed by atoms with Crippen molar-refractivity contribution in [1.29, 1.82) is 0 Å². The maximum absolute atomic E-state index is 12.7. The van der Waals surface area contributed by atoms with Crippen molar-refractivity contribution in [2.75, 3.05) is 19.8 Å². The molecule has 0 saturated carbocycles. The molecule has 168 valence electrons. The molecule has 0 aliphatic carbocycles. The van der Waals surface area contributed by atoms with Crippen LogP contribution in [0.15, 0.2) is 11.3 Å². The summed E-state index contributed by atoms with van der Waals surface area (Å²) in [6, 6.07) is 0. The number of phosphoric ester groups is 1. The minimum Gasteiger partial charge on any atom is -0.461 e. The van der Waals surface area contributed by atoms with Crippen LogP contribution in [0.4, 0.5) is 0 Å². The second-order valence-corrected chi connectivity index (χ2v) is 9.77. The van der Waals surface area contributed by atoms with Crippen molar-refractivity contribution in [3.63, 3.8) is 0 Å². The average molecular weight is 431 g/mol. The molecule has 2 aliphatic rings. The van der Waals surface area contributed by atoms with Crippen LogP contribution < -0.4 is 0 Å². The van der Waals surface area contributed by atoms with Crippen LogP contribution in [-0.4, -0.2) is 25.8 Å². The van der Waals surface area contributed by atoms with Gasteiger partial charge in [0.25, 0.3) is 0 Å². The van der Waals surface area contributed by atoms with E-state index in [9.17, 15) is 9.36 Å². The Bertz CT molecular complexity index is 574. The van der Waals surface area contributed by atoms with Gasteiger partial charge in [-0.25, -0.2) is 9.36 Å². The lowest BCUT2D eigenvalue weighted by molar-refractivity contribution is -0.135. The molecule has 0 amide bonds. The van der Waals surface area contributed by atoms with Crippen molar-refractivity contribution < 1.29 is 27.7 Å². The van der Waals surface area contributed by atoms with Crippen LogP contribution in [0, 0.1) is 5.92 Å². The fourth-order valence-corrected chi connectivity index (χ4v) is 5.18. The highest BCUT2D eigenvalue weighted by atomic mass is 31.2. The second kappa shape index (κ2) is 13.5. The summed E-state index contributed by atoms with van der Waals surface area (Å²) in [5.41, 5.74) is 0.423. The molecule has 0 bridgehead atoms. The third-order valence-corrected chi connectivity index (χ3v) is 7.06. The smallest absolute Gasteiger partial charge is 0.461 e. The van der Waals surface area contributed by atoms with Crippen LogP contribution in [0.5, 0.6) is 0 Å². The number of unbranched alkanes of at least 4 members (excludes halogenated alkanes) is 12. The number of cyclic esters (lactones) is 1. The molecule has 0 radical (unpaired) electrons. The molecule has 0 aromatic carbocycles. The van der Waals surface area contributed by atoms with E-state index < -0.39 is 13.8 Å². The van der Waals surface area contributed by atoms with Gasteiger partial charge >= 0.3 is 13.8 Å². The molecular formula is C22H39O6P. The monoisotopic (exact) mass is 430 g/mol. The molecule has 2 heterocycles. The lowest BCUT2D eigenvalue weighted by Gasteiger charge is -2.17. The van der Waals surface area contributed by atoms with Crippen LogP contribution >= 0.6 is 7.82 Å². The maximum atomic E-state index is 12.7. The van der Waals surface area contributed by atoms with Gasteiger partial charge in [-0.1, -0.05) is 84.0 Å². The van der Waals surface area contributed by atoms with Gasteiger partial charge in [0.2, 0.25) is 0 Å². The summed E-state index contributed by atoms with van der Waals surface area (Å²) in [4.78, 5) is 11.7. The SMILES string of the molecule is CCCCCCCCCCCCCCCOP1(=O)OC[C@H]2COC(=O)C2=C(C)O1. The van der Waals surface area contributed by atoms with Crippen molar-refractivity contribution >= 4 is 13.8 Å². The average Bonchev–Trinajstić information content (AvgIpc) is 3.01. The predicted molar refractivity (Wildman–Crippen MR) is 113 cm³/mol. The topological polar surface area (TPSA) is 71.1 Å². The van der Waals surface area contributed by atoms with Crippen LogP contribution in [0.2, 0.25) is 0 Å². The van der Waals surface area contributed by atoms with Gasteiger partial charge in [-0.15, -0.1) is 0 Å². The van der Waals surface area contributed by atoms with Crippen molar-refractivity contribution in [3.05, 3.63) is 11.3 Å². The lowest BCUT2D eigenvalue weighted by atomic mass is 10.0. The Morgan fingerprint density at radius 2 is 1.45 bits per heavy atom.